The molecule has 1 aromatic heterocycles. The number of amidine groups is 1. The van der Waals surface area contributed by atoms with Gasteiger partial charge >= 0.3 is 0 Å². The molecular formula is C16H24ClN3O2. The number of aromatic nitrogens is 1. The van der Waals surface area contributed by atoms with Crippen LogP contribution >= 0.6 is 11.6 Å². The second-order valence-electron chi connectivity index (χ2n) is 5.03. The van der Waals surface area contributed by atoms with Crippen LogP contribution in [-0.4, -0.2) is 48.6 Å². The molecule has 22 heavy (non-hydrogen) atoms. The fourth-order valence-electron chi connectivity index (χ4n) is 1.79. The molecule has 0 saturated carbocycles. The normalized spacial score (nSPS) is 11.9. The number of nitrogens with one attached hydrogen (secondary N) is 1. The molecule has 0 aliphatic carbocycles. The van der Waals surface area contributed by atoms with E-state index in [2.05, 4.69) is 11.6 Å². The SMILES string of the molecule is C=CCOCC(C)Oc1nc(C)c(C(=N)N(C)CC)cc1Cl. The predicted molar refractivity (Wildman–Crippen MR) is 90.2 cm³/mol. The minimum atomic E-state index is -0.173. The van der Waals surface area contributed by atoms with Gasteiger partial charge in [-0.3, -0.25) is 5.41 Å². The maximum atomic E-state index is 8.15. The number of rotatable bonds is 8. The molecule has 1 atom stereocenters. The lowest BCUT2D eigenvalue weighted by molar-refractivity contribution is 0.0711. The third-order valence-electron chi connectivity index (χ3n) is 3.15. The first-order chi connectivity index (χ1) is 10.4. The average molecular weight is 326 g/mol. The van der Waals surface area contributed by atoms with E-state index >= 15 is 0 Å². The molecule has 0 amide bonds. The topological polar surface area (TPSA) is 58.4 Å². The summed E-state index contributed by atoms with van der Waals surface area (Å²) in [5.74, 6) is 0.757. The highest BCUT2D eigenvalue weighted by molar-refractivity contribution is 6.32. The minimum Gasteiger partial charge on any atom is -0.471 e. The van der Waals surface area contributed by atoms with Gasteiger partial charge in [0.05, 0.1) is 18.9 Å². The van der Waals surface area contributed by atoms with Crippen molar-refractivity contribution in [2.75, 3.05) is 26.8 Å². The summed E-state index contributed by atoms with van der Waals surface area (Å²) in [4.78, 5) is 6.21. The van der Waals surface area contributed by atoms with Gasteiger partial charge in [-0.05, 0) is 26.8 Å². The quantitative estimate of drug-likeness (QED) is 0.345. The lowest BCUT2D eigenvalue weighted by Crippen LogP contribution is -2.27. The molecule has 122 valence electrons. The van der Waals surface area contributed by atoms with Crippen LogP contribution in [0.5, 0.6) is 5.88 Å². The third-order valence-corrected chi connectivity index (χ3v) is 3.42. The highest BCUT2D eigenvalue weighted by Gasteiger charge is 2.16. The molecule has 1 rings (SSSR count). The van der Waals surface area contributed by atoms with Crippen molar-refractivity contribution in [1.29, 1.82) is 5.41 Å². The van der Waals surface area contributed by atoms with E-state index in [-0.39, 0.29) is 6.10 Å². The van der Waals surface area contributed by atoms with E-state index in [4.69, 9.17) is 26.5 Å². The van der Waals surface area contributed by atoms with Crippen molar-refractivity contribution in [2.24, 2.45) is 0 Å². The molecule has 0 fully saturated rings. The highest BCUT2D eigenvalue weighted by Crippen LogP contribution is 2.26. The Labute approximate surface area is 137 Å². The molecule has 1 N–H and O–H groups in total. The molecule has 1 aromatic rings. The van der Waals surface area contributed by atoms with Crippen LogP contribution in [-0.2, 0) is 4.74 Å². The number of nitrogens with zero attached hydrogens (tertiary/aromatic N) is 2. The van der Waals surface area contributed by atoms with E-state index in [1.54, 1.807) is 12.1 Å². The van der Waals surface area contributed by atoms with Crippen LogP contribution in [0.4, 0.5) is 0 Å². The van der Waals surface area contributed by atoms with Crippen molar-refractivity contribution >= 4 is 17.4 Å². The van der Waals surface area contributed by atoms with Crippen LogP contribution in [0, 0.1) is 12.3 Å². The molecular weight excluding hydrogens is 302 g/mol. The van der Waals surface area contributed by atoms with Crippen LogP contribution in [0.15, 0.2) is 18.7 Å². The van der Waals surface area contributed by atoms with Crippen LogP contribution in [0.25, 0.3) is 0 Å². The van der Waals surface area contributed by atoms with Crippen molar-refractivity contribution < 1.29 is 9.47 Å². The molecule has 0 saturated heterocycles. The standard InChI is InChI=1S/C16H24ClN3O2/c1-6-8-21-10-11(3)22-16-14(17)9-13(12(4)19-16)15(18)20(5)7-2/h6,9,11,18H,1,7-8,10H2,2-5H3. The van der Waals surface area contributed by atoms with Gasteiger partial charge in [0, 0.05) is 19.2 Å². The number of hydrogen-bond donors (Lipinski definition) is 1. The molecule has 0 aromatic carbocycles. The van der Waals surface area contributed by atoms with Gasteiger partial charge in [0.25, 0.3) is 0 Å². The second-order valence-corrected chi connectivity index (χ2v) is 5.43. The van der Waals surface area contributed by atoms with E-state index < -0.39 is 0 Å². The van der Waals surface area contributed by atoms with Gasteiger partial charge in [-0.15, -0.1) is 6.58 Å². The minimum absolute atomic E-state index is 0.173. The Hall–Kier alpha value is -1.59. The molecule has 0 radical (unpaired) electrons. The van der Waals surface area contributed by atoms with E-state index in [0.29, 0.717) is 41.2 Å². The number of ether oxygens (including phenoxy) is 2. The lowest BCUT2D eigenvalue weighted by atomic mass is 10.1. The van der Waals surface area contributed by atoms with Gasteiger partial charge in [-0.25, -0.2) is 4.98 Å². The van der Waals surface area contributed by atoms with Crippen LogP contribution < -0.4 is 4.74 Å². The number of aryl methyl sites for hydroxylation is 1. The van der Waals surface area contributed by atoms with Gasteiger partial charge < -0.3 is 14.4 Å². The van der Waals surface area contributed by atoms with Crippen LogP contribution in [0.2, 0.25) is 5.02 Å². The molecule has 0 bridgehead atoms. The Morgan fingerprint density at radius 2 is 2.27 bits per heavy atom. The molecule has 1 unspecified atom stereocenters. The summed E-state index contributed by atoms with van der Waals surface area (Å²) in [5, 5.41) is 8.55. The van der Waals surface area contributed by atoms with E-state index in [1.165, 1.54) is 0 Å². The molecule has 6 heteroatoms. The van der Waals surface area contributed by atoms with Gasteiger partial charge in [-0.2, -0.15) is 0 Å². The molecule has 0 aliphatic rings. The van der Waals surface area contributed by atoms with Gasteiger partial charge in [0.2, 0.25) is 5.88 Å². The Balaban J connectivity index is 2.85. The van der Waals surface area contributed by atoms with Crippen molar-refractivity contribution in [3.05, 3.63) is 35.0 Å². The first-order valence-electron chi connectivity index (χ1n) is 7.23. The second kappa shape index (κ2) is 8.76. The van der Waals surface area contributed by atoms with Crippen molar-refractivity contribution in [1.82, 2.24) is 9.88 Å². The largest absolute Gasteiger partial charge is 0.471 e. The zero-order chi connectivity index (χ0) is 16.7. The van der Waals surface area contributed by atoms with E-state index in [1.807, 2.05) is 32.7 Å². The van der Waals surface area contributed by atoms with Crippen LogP contribution in [0.1, 0.15) is 25.1 Å². The summed E-state index contributed by atoms with van der Waals surface area (Å²) >= 11 is 6.24. The molecule has 0 aliphatic heterocycles. The van der Waals surface area contributed by atoms with Gasteiger partial charge in [0.1, 0.15) is 17.0 Å². The molecule has 5 nitrogen and oxygen atoms in total. The highest BCUT2D eigenvalue weighted by atomic mass is 35.5. The van der Waals surface area contributed by atoms with Crippen molar-refractivity contribution in [2.45, 2.75) is 26.9 Å². The monoisotopic (exact) mass is 325 g/mol. The third kappa shape index (κ3) is 5.00. The summed E-state index contributed by atoms with van der Waals surface area (Å²) in [7, 11) is 1.86. The van der Waals surface area contributed by atoms with E-state index in [9.17, 15) is 0 Å². The Morgan fingerprint density at radius 1 is 1.59 bits per heavy atom. The summed E-state index contributed by atoms with van der Waals surface area (Å²) < 4.78 is 11.0. The maximum Gasteiger partial charge on any atom is 0.233 e. The summed E-state index contributed by atoms with van der Waals surface area (Å²) in [6, 6.07) is 1.73. The van der Waals surface area contributed by atoms with Gasteiger partial charge in [0.15, 0.2) is 0 Å². The Morgan fingerprint density at radius 3 is 2.86 bits per heavy atom. The first-order valence-corrected chi connectivity index (χ1v) is 7.60. The first kappa shape index (κ1) is 18.5. The number of hydrogen-bond acceptors (Lipinski definition) is 4. The maximum absolute atomic E-state index is 8.15. The predicted octanol–water partition coefficient (Wildman–Crippen LogP) is 3.29. The summed E-state index contributed by atoms with van der Waals surface area (Å²) in [6.07, 6.45) is 1.51. The van der Waals surface area contributed by atoms with Crippen molar-refractivity contribution in [3.63, 3.8) is 0 Å². The van der Waals surface area contributed by atoms with E-state index in [0.717, 1.165) is 6.54 Å². The smallest absolute Gasteiger partial charge is 0.233 e. The average Bonchev–Trinajstić information content (AvgIpc) is 2.49. The Bertz CT molecular complexity index is 534. The van der Waals surface area contributed by atoms with Gasteiger partial charge in [-0.1, -0.05) is 17.7 Å². The summed E-state index contributed by atoms with van der Waals surface area (Å²) in [6.45, 7) is 11.0. The zero-order valence-electron chi connectivity index (χ0n) is 13.6. The van der Waals surface area contributed by atoms with Crippen LogP contribution in [0.3, 0.4) is 0 Å². The fraction of sp³-hybridized carbons (Fsp3) is 0.500. The number of halogens is 1. The molecule has 1 heterocycles. The zero-order valence-corrected chi connectivity index (χ0v) is 14.4. The molecule has 0 spiro atoms. The van der Waals surface area contributed by atoms with Crippen molar-refractivity contribution in [3.8, 4) is 5.88 Å². The Kier molecular flexibility index (Phi) is 7.35. The fourth-order valence-corrected chi connectivity index (χ4v) is 1.98. The lowest BCUT2D eigenvalue weighted by Gasteiger charge is -2.20. The summed E-state index contributed by atoms with van der Waals surface area (Å²) in [5.41, 5.74) is 1.42. The number of pyridine rings is 1.